The van der Waals surface area contributed by atoms with Gasteiger partial charge in [-0.25, -0.2) is 13.6 Å². The van der Waals surface area contributed by atoms with Gasteiger partial charge >= 0.3 is 5.97 Å². The number of likely N-dealkylation sites (N-methyl/N-ethyl adjacent to an activating group) is 1. The Balaban J connectivity index is 2.17. The van der Waals surface area contributed by atoms with Gasteiger partial charge in [0.05, 0.1) is 0 Å². The molecule has 0 fully saturated rings. The minimum Gasteiger partial charge on any atom is -0.463 e. The first-order valence-electron chi connectivity index (χ1n) is 10.0. The van der Waals surface area contributed by atoms with Crippen LogP contribution in [0.5, 0.6) is 0 Å². The normalized spacial score (nSPS) is 11.9. The van der Waals surface area contributed by atoms with E-state index in [-0.39, 0.29) is 18.7 Å². The first kappa shape index (κ1) is 24.1. The number of halogens is 2. The minimum absolute atomic E-state index is 0.0638. The highest BCUT2D eigenvalue weighted by Gasteiger charge is 2.27. The van der Waals surface area contributed by atoms with Crippen LogP contribution in [0.1, 0.15) is 29.8 Å². The van der Waals surface area contributed by atoms with Gasteiger partial charge in [-0.15, -0.1) is 0 Å². The van der Waals surface area contributed by atoms with Crippen LogP contribution < -0.4 is 16.8 Å². The molecular weight excluding hydrogens is 406 g/mol. The number of rotatable bonds is 10. The number of esters is 1. The third kappa shape index (κ3) is 6.92. The second kappa shape index (κ2) is 11.3. The molecule has 0 aliphatic rings. The second-order valence-electron chi connectivity index (χ2n) is 7.03. The maximum Gasteiger partial charge on any atom is 0.329 e. The van der Waals surface area contributed by atoms with Crippen LogP contribution in [-0.2, 0) is 16.0 Å². The molecule has 0 aliphatic heterocycles. The predicted octanol–water partition coefficient (Wildman–Crippen LogP) is 2.36. The van der Waals surface area contributed by atoms with Crippen LogP contribution in [0.4, 0.5) is 20.2 Å². The van der Waals surface area contributed by atoms with Crippen molar-refractivity contribution >= 4 is 23.3 Å². The van der Waals surface area contributed by atoms with Crippen LogP contribution in [0.3, 0.4) is 0 Å². The molecule has 31 heavy (non-hydrogen) atoms. The molecule has 0 spiro atoms. The number of amides is 1. The molecule has 2 rings (SSSR count). The van der Waals surface area contributed by atoms with Crippen molar-refractivity contribution < 1.29 is 23.1 Å². The summed E-state index contributed by atoms with van der Waals surface area (Å²) in [6, 6.07) is 7.23. The number of anilines is 2. The van der Waals surface area contributed by atoms with Gasteiger partial charge in [0, 0.05) is 24.3 Å². The number of hydrogen-bond donors (Lipinski definition) is 3. The molecule has 0 heterocycles. The van der Waals surface area contributed by atoms with Gasteiger partial charge in [-0.2, -0.15) is 0 Å². The Morgan fingerprint density at radius 2 is 1.61 bits per heavy atom. The highest BCUT2D eigenvalue weighted by molar-refractivity contribution is 5.97. The topological polar surface area (TPSA) is 111 Å². The zero-order valence-electron chi connectivity index (χ0n) is 17.7. The van der Waals surface area contributed by atoms with Gasteiger partial charge in [0.15, 0.2) is 0 Å². The van der Waals surface area contributed by atoms with Gasteiger partial charge in [-0.1, -0.05) is 26.0 Å². The number of ether oxygens (including phenoxy) is 1. The molecule has 0 saturated heterocycles. The minimum atomic E-state index is -1.15. The van der Waals surface area contributed by atoms with Gasteiger partial charge < -0.3 is 26.4 Å². The Bertz CT molecular complexity index is 879. The number of carbonyl (C=O) groups excluding carboxylic acids is 2. The lowest BCUT2D eigenvalue weighted by atomic mass is 10.0. The Kier molecular flexibility index (Phi) is 8.75. The van der Waals surface area contributed by atoms with E-state index in [1.807, 2.05) is 13.8 Å². The number of nitrogens with zero attached hydrogens (tertiary/aromatic N) is 1. The summed E-state index contributed by atoms with van der Waals surface area (Å²) in [6.07, 6.45) is 0.0638. The van der Waals surface area contributed by atoms with Gasteiger partial charge in [0.2, 0.25) is 0 Å². The molecule has 0 bridgehead atoms. The van der Waals surface area contributed by atoms with Crippen LogP contribution in [-0.4, -0.2) is 49.1 Å². The lowest BCUT2D eigenvalue weighted by molar-refractivity contribution is -0.146. The molecule has 5 N–H and O–H groups in total. The van der Waals surface area contributed by atoms with Crippen LogP contribution in [0.25, 0.3) is 0 Å². The molecule has 0 aromatic heterocycles. The number of hydrogen-bond acceptors (Lipinski definition) is 6. The third-order valence-electron chi connectivity index (χ3n) is 4.85. The quantitative estimate of drug-likeness (QED) is 0.391. The van der Waals surface area contributed by atoms with E-state index in [1.54, 1.807) is 24.3 Å². The highest BCUT2D eigenvalue weighted by Crippen LogP contribution is 2.17. The zero-order valence-corrected chi connectivity index (χ0v) is 17.7. The van der Waals surface area contributed by atoms with Crippen molar-refractivity contribution in [3.8, 4) is 0 Å². The van der Waals surface area contributed by atoms with E-state index in [0.29, 0.717) is 17.8 Å². The maximum absolute atomic E-state index is 14.1. The number of benzene rings is 2. The highest BCUT2D eigenvalue weighted by atomic mass is 19.1. The van der Waals surface area contributed by atoms with Gasteiger partial charge in [0.1, 0.15) is 29.8 Å². The summed E-state index contributed by atoms with van der Waals surface area (Å²) in [6.45, 7) is 6.24. The van der Waals surface area contributed by atoms with Crippen LogP contribution in [0, 0.1) is 11.6 Å². The molecule has 9 heteroatoms. The van der Waals surface area contributed by atoms with Crippen molar-refractivity contribution in [2.45, 2.75) is 26.3 Å². The molecule has 7 nitrogen and oxygen atoms in total. The zero-order chi connectivity index (χ0) is 23.0. The van der Waals surface area contributed by atoms with E-state index in [4.69, 9.17) is 16.2 Å². The van der Waals surface area contributed by atoms with Crippen LogP contribution in [0.2, 0.25) is 0 Å². The Hall–Kier alpha value is -3.20. The second-order valence-corrected chi connectivity index (χ2v) is 7.03. The molecule has 168 valence electrons. The van der Waals surface area contributed by atoms with E-state index in [1.165, 1.54) is 0 Å². The van der Waals surface area contributed by atoms with E-state index in [9.17, 15) is 18.4 Å². The first-order chi connectivity index (χ1) is 14.7. The Morgan fingerprint density at radius 1 is 1.03 bits per heavy atom. The van der Waals surface area contributed by atoms with Gasteiger partial charge in [-0.3, -0.25) is 4.79 Å². The fraction of sp³-hybridized carbons (Fsp3) is 0.364. The van der Waals surface area contributed by atoms with E-state index in [0.717, 1.165) is 25.2 Å². The van der Waals surface area contributed by atoms with Crippen molar-refractivity contribution in [3.05, 3.63) is 59.2 Å². The van der Waals surface area contributed by atoms with Crippen LogP contribution >= 0.6 is 0 Å². The summed E-state index contributed by atoms with van der Waals surface area (Å²) < 4.78 is 33.6. The van der Waals surface area contributed by atoms with E-state index < -0.39 is 35.1 Å². The third-order valence-corrected chi connectivity index (χ3v) is 4.85. The van der Waals surface area contributed by atoms with Crippen molar-refractivity contribution in [2.75, 3.05) is 37.7 Å². The summed E-state index contributed by atoms with van der Waals surface area (Å²) in [4.78, 5) is 27.3. The van der Waals surface area contributed by atoms with Gasteiger partial charge in [0.25, 0.3) is 5.91 Å². The molecule has 2 aromatic carbocycles. The molecule has 1 amide bonds. The lowest BCUT2D eigenvalue weighted by Gasteiger charge is -2.21. The smallest absolute Gasteiger partial charge is 0.329 e. The SMILES string of the molecule is CCN(CC)CCOC(=O)[C@H](Cc1ccc(N)cc1)NC(=O)c1c(F)cc(N)cc1F. The summed E-state index contributed by atoms with van der Waals surface area (Å²) in [5.74, 6) is -4.00. The maximum atomic E-state index is 14.1. The monoisotopic (exact) mass is 434 g/mol. The first-order valence-corrected chi connectivity index (χ1v) is 10.0. The van der Waals surface area contributed by atoms with Crippen molar-refractivity contribution in [3.63, 3.8) is 0 Å². The molecular formula is C22H28F2N4O3. The fourth-order valence-electron chi connectivity index (χ4n) is 3.04. The molecule has 0 unspecified atom stereocenters. The van der Waals surface area contributed by atoms with Crippen LogP contribution in [0.15, 0.2) is 36.4 Å². The number of carbonyl (C=O) groups is 2. The molecule has 0 radical (unpaired) electrons. The average Bonchev–Trinajstić information content (AvgIpc) is 2.71. The van der Waals surface area contributed by atoms with Gasteiger partial charge in [-0.05, 0) is 42.9 Å². The lowest BCUT2D eigenvalue weighted by Crippen LogP contribution is -2.44. The molecule has 2 aromatic rings. The van der Waals surface area contributed by atoms with Crippen molar-refractivity contribution in [1.29, 1.82) is 0 Å². The number of nitrogen functional groups attached to an aromatic ring is 2. The Morgan fingerprint density at radius 3 is 2.16 bits per heavy atom. The standard InChI is InChI=1S/C22H28F2N4O3/c1-3-28(4-2)9-10-31-22(30)19(11-14-5-7-15(25)8-6-14)27-21(29)20-17(23)12-16(26)13-18(20)24/h5-8,12-13,19H,3-4,9-11,25-26H2,1-2H3,(H,27,29)/t19-/m0/s1. The van der Waals surface area contributed by atoms with E-state index >= 15 is 0 Å². The predicted molar refractivity (Wildman–Crippen MR) is 115 cm³/mol. The average molecular weight is 434 g/mol. The Labute approximate surface area is 180 Å². The number of nitrogens with two attached hydrogens (primary N) is 2. The molecule has 0 aliphatic carbocycles. The molecule has 1 atom stereocenters. The fourth-order valence-corrected chi connectivity index (χ4v) is 3.04. The summed E-state index contributed by atoms with van der Waals surface area (Å²) >= 11 is 0. The molecule has 0 saturated carbocycles. The van der Waals surface area contributed by atoms with E-state index in [2.05, 4.69) is 10.2 Å². The van der Waals surface area contributed by atoms with Crippen molar-refractivity contribution in [1.82, 2.24) is 10.2 Å². The largest absolute Gasteiger partial charge is 0.463 e. The summed E-state index contributed by atoms with van der Waals surface area (Å²) in [5.41, 5.74) is 11.3. The summed E-state index contributed by atoms with van der Waals surface area (Å²) in [5, 5.41) is 2.38. The number of nitrogens with one attached hydrogen (secondary N) is 1. The summed E-state index contributed by atoms with van der Waals surface area (Å²) in [7, 11) is 0. The van der Waals surface area contributed by atoms with Crippen molar-refractivity contribution in [2.24, 2.45) is 0 Å².